The molecule has 4 rings (SSSR count). The number of unbranched alkanes of at least 4 members (excludes halogenated alkanes) is 3. The summed E-state index contributed by atoms with van der Waals surface area (Å²) in [6.07, 6.45) is 4.57. The Morgan fingerprint density at radius 2 is 1.88 bits per heavy atom. The minimum Gasteiger partial charge on any atom is -0.349 e. The molecule has 0 spiro atoms. The molecule has 4 aromatic rings. The normalized spacial score (nSPS) is 11.0. The van der Waals surface area contributed by atoms with E-state index >= 15 is 0 Å². The van der Waals surface area contributed by atoms with Crippen LogP contribution < -0.4 is 16.4 Å². The molecule has 2 aromatic heterocycles. The van der Waals surface area contributed by atoms with Crippen LogP contribution in [0.15, 0.2) is 56.3 Å². The maximum atomic E-state index is 13.0. The molecule has 0 bridgehead atoms. The number of benzene rings is 2. The molecule has 34 heavy (non-hydrogen) atoms. The summed E-state index contributed by atoms with van der Waals surface area (Å²) in [7, 11) is 0. The van der Waals surface area contributed by atoms with Gasteiger partial charge in [-0.2, -0.15) is 0 Å². The molecule has 2 amide bonds. The number of hydrogen-bond acceptors (Lipinski definition) is 5. The van der Waals surface area contributed by atoms with Crippen molar-refractivity contribution in [2.75, 3.05) is 10.6 Å². The van der Waals surface area contributed by atoms with Gasteiger partial charge in [-0.05, 0) is 36.8 Å². The summed E-state index contributed by atoms with van der Waals surface area (Å²) in [4.78, 5) is 42.4. The van der Waals surface area contributed by atoms with Crippen LogP contribution in [0, 0.1) is 0 Å². The number of nitrogens with zero attached hydrogens (tertiary/aromatic N) is 1. The Morgan fingerprint density at radius 1 is 1.03 bits per heavy atom. The van der Waals surface area contributed by atoms with Gasteiger partial charge in [0.15, 0.2) is 5.82 Å². The van der Waals surface area contributed by atoms with Crippen LogP contribution in [-0.2, 0) is 4.79 Å². The Balaban J connectivity index is 1.54. The van der Waals surface area contributed by atoms with Crippen molar-refractivity contribution in [1.29, 1.82) is 0 Å². The second-order valence-corrected chi connectivity index (χ2v) is 8.81. The van der Waals surface area contributed by atoms with Gasteiger partial charge in [-0.1, -0.05) is 59.4 Å². The van der Waals surface area contributed by atoms with Gasteiger partial charge in [-0.15, -0.1) is 0 Å². The van der Waals surface area contributed by atoms with Gasteiger partial charge in [0.1, 0.15) is 5.69 Å². The number of aromatic amines is 2. The molecule has 9 nitrogen and oxygen atoms in total. The molecule has 0 aliphatic rings. The highest BCUT2D eigenvalue weighted by atomic mass is 79.9. The third-order valence-electron chi connectivity index (χ3n) is 5.36. The number of hydrogen-bond donors (Lipinski definition) is 4. The van der Waals surface area contributed by atoms with E-state index in [0.29, 0.717) is 34.6 Å². The summed E-state index contributed by atoms with van der Waals surface area (Å²) < 4.78 is 5.34. The molecule has 0 aliphatic carbocycles. The summed E-state index contributed by atoms with van der Waals surface area (Å²) in [6.45, 7) is 2.13. The number of nitrogens with one attached hydrogen (secondary N) is 4. The molecule has 0 fully saturated rings. The van der Waals surface area contributed by atoms with Crippen molar-refractivity contribution in [2.45, 2.75) is 39.0 Å². The predicted molar refractivity (Wildman–Crippen MR) is 134 cm³/mol. The topological polar surface area (TPSA) is 133 Å². The van der Waals surface area contributed by atoms with Crippen molar-refractivity contribution < 1.29 is 14.1 Å². The number of amides is 2. The average molecular weight is 526 g/mol. The number of para-hydroxylation sites is 1. The van der Waals surface area contributed by atoms with E-state index in [1.54, 1.807) is 30.3 Å². The highest BCUT2D eigenvalue weighted by molar-refractivity contribution is 9.10. The fraction of sp³-hybridized carbons (Fsp3) is 0.250. The summed E-state index contributed by atoms with van der Waals surface area (Å²) in [5.41, 5.74) is 2.55. The van der Waals surface area contributed by atoms with E-state index in [9.17, 15) is 14.4 Å². The third kappa shape index (κ3) is 5.45. The predicted octanol–water partition coefficient (Wildman–Crippen LogP) is 5.43. The van der Waals surface area contributed by atoms with Crippen LogP contribution in [0.2, 0.25) is 0 Å². The number of fused-ring (bicyclic) bond motifs is 1. The average Bonchev–Trinajstić information content (AvgIpc) is 3.45. The van der Waals surface area contributed by atoms with Crippen LogP contribution in [0.1, 0.15) is 49.5 Å². The molecule has 176 valence electrons. The quantitative estimate of drug-likeness (QED) is 0.216. The number of rotatable bonds is 9. The molecule has 2 aromatic carbocycles. The minimum absolute atomic E-state index is 0.0506. The van der Waals surface area contributed by atoms with Gasteiger partial charge >= 0.3 is 5.76 Å². The smallest absolute Gasteiger partial charge is 0.349 e. The lowest BCUT2D eigenvalue weighted by atomic mass is 10.1. The monoisotopic (exact) mass is 525 g/mol. The Bertz CT molecular complexity index is 1390. The van der Waals surface area contributed by atoms with Gasteiger partial charge < -0.3 is 15.6 Å². The van der Waals surface area contributed by atoms with E-state index in [1.807, 2.05) is 12.1 Å². The van der Waals surface area contributed by atoms with Gasteiger partial charge in [0.2, 0.25) is 5.91 Å². The largest absolute Gasteiger partial charge is 0.439 e. The molecular weight excluding hydrogens is 502 g/mol. The maximum Gasteiger partial charge on any atom is 0.439 e. The number of carbonyl (C=O) groups is 2. The summed E-state index contributed by atoms with van der Waals surface area (Å²) in [6, 6.07) is 12.4. The molecule has 4 N–H and O–H groups in total. The van der Waals surface area contributed by atoms with E-state index in [0.717, 1.165) is 35.5 Å². The fourth-order valence-electron chi connectivity index (χ4n) is 3.66. The van der Waals surface area contributed by atoms with Crippen molar-refractivity contribution in [3.8, 4) is 11.4 Å². The van der Waals surface area contributed by atoms with Crippen molar-refractivity contribution >= 4 is 50.0 Å². The highest BCUT2D eigenvalue weighted by Crippen LogP contribution is 2.29. The number of halogens is 1. The molecule has 0 atom stereocenters. The second kappa shape index (κ2) is 10.5. The van der Waals surface area contributed by atoms with E-state index in [2.05, 4.69) is 53.1 Å². The molecule has 2 heterocycles. The molecule has 0 aliphatic heterocycles. The van der Waals surface area contributed by atoms with Crippen LogP contribution in [0.25, 0.3) is 22.3 Å². The van der Waals surface area contributed by atoms with Gasteiger partial charge in [0.05, 0.1) is 16.9 Å². The molecule has 0 unspecified atom stereocenters. The lowest BCUT2D eigenvalue weighted by Gasteiger charge is -2.09. The molecule has 0 saturated heterocycles. The van der Waals surface area contributed by atoms with Gasteiger partial charge in [-0.25, -0.2) is 4.79 Å². The van der Waals surface area contributed by atoms with Crippen LogP contribution in [0.4, 0.5) is 11.4 Å². The first-order chi connectivity index (χ1) is 16.4. The number of anilines is 2. The van der Waals surface area contributed by atoms with Crippen LogP contribution in [0.5, 0.6) is 0 Å². The van der Waals surface area contributed by atoms with E-state index in [-0.39, 0.29) is 17.6 Å². The van der Waals surface area contributed by atoms with E-state index in [4.69, 9.17) is 0 Å². The fourth-order valence-corrected chi connectivity index (χ4v) is 4.03. The van der Waals surface area contributed by atoms with Gasteiger partial charge in [0, 0.05) is 21.8 Å². The Labute approximate surface area is 203 Å². The lowest BCUT2D eigenvalue weighted by Crippen LogP contribution is -2.13. The number of aromatic nitrogens is 3. The second-order valence-electron chi connectivity index (χ2n) is 7.90. The molecule has 10 heteroatoms. The van der Waals surface area contributed by atoms with Crippen molar-refractivity contribution in [2.24, 2.45) is 0 Å². The van der Waals surface area contributed by atoms with Crippen molar-refractivity contribution in [1.82, 2.24) is 15.1 Å². The minimum atomic E-state index is -0.692. The molecule has 0 saturated carbocycles. The zero-order valence-corrected chi connectivity index (χ0v) is 20.1. The number of carbonyl (C=O) groups excluding carboxylic acids is 2. The number of H-pyrrole nitrogens is 2. The lowest BCUT2D eigenvalue weighted by molar-refractivity contribution is -0.116. The SMILES string of the molecule is CCCCCCC(=O)Nc1cccc2cc(C(=O)Nc3ccc(Br)cc3-c3noc(=O)[nH]3)[nH]c12. The first-order valence-corrected chi connectivity index (χ1v) is 11.8. The molecule has 0 radical (unpaired) electrons. The Kier molecular flexibility index (Phi) is 7.27. The Hall–Kier alpha value is -3.66. The van der Waals surface area contributed by atoms with Gasteiger partial charge in [-0.3, -0.25) is 19.1 Å². The summed E-state index contributed by atoms with van der Waals surface area (Å²) in [5.74, 6) is -0.933. The maximum absolute atomic E-state index is 13.0. The van der Waals surface area contributed by atoms with Crippen molar-refractivity contribution in [3.63, 3.8) is 0 Å². The zero-order chi connectivity index (χ0) is 24.1. The summed E-state index contributed by atoms with van der Waals surface area (Å²) in [5, 5.41) is 10.3. The highest BCUT2D eigenvalue weighted by Gasteiger charge is 2.17. The third-order valence-corrected chi connectivity index (χ3v) is 5.85. The standard InChI is InChI=1S/C24H24BrN5O4/c1-2-3-4-5-9-20(31)26-18-8-6-7-14-12-19(27-21(14)18)23(32)28-17-11-10-15(25)13-16(17)22-29-24(33)34-30-22/h6-8,10-13,27H,2-5,9H2,1H3,(H,26,31)(H,28,32)(H,29,30,33). The Morgan fingerprint density at radius 3 is 2.65 bits per heavy atom. The van der Waals surface area contributed by atoms with E-state index in [1.165, 1.54) is 0 Å². The van der Waals surface area contributed by atoms with Crippen molar-refractivity contribution in [3.05, 3.63) is 63.2 Å². The van der Waals surface area contributed by atoms with E-state index < -0.39 is 5.76 Å². The van der Waals surface area contributed by atoms with Crippen LogP contribution in [0.3, 0.4) is 0 Å². The molecular formula is C24H24BrN5O4. The summed E-state index contributed by atoms with van der Waals surface area (Å²) >= 11 is 3.38. The first kappa shape index (κ1) is 23.5. The van der Waals surface area contributed by atoms with Crippen LogP contribution >= 0.6 is 15.9 Å². The zero-order valence-electron chi connectivity index (χ0n) is 18.5. The van der Waals surface area contributed by atoms with Crippen LogP contribution in [-0.4, -0.2) is 26.9 Å². The van der Waals surface area contributed by atoms with Gasteiger partial charge in [0.25, 0.3) is 5.91 Å². The first-order valence-electron chi connectivity index (χ1n) is 11.0.